The smallest absolute Gasteiger partial charge is 0.305 e. The second-order valence-corrected chi connectivity index (χ2v) is 21.9. The van der Waals surface area contributed by atoms with Gasteiger partial charge in [0.15, 0.2) is 0 Å². The van der Waals surface area contributed by atoms with Crippen LogP contribution in [0.1, 0.15) is 109 Å². The summed E-state index contributed by atoms with van der Waals surface area (Å²) in [5.74, 6) is 1.39. The van der Waals surface area contributed by atoms with Crippen molar-refractivity contribution >= 4 is 71.0 Å². The summed E-state index contributed by atoms with van der Waals surface area (Å²) in [6.07, 6.45) is 9.86. The van der Waals surface area contributed by atoms with E-state index in [1.54, 1.807) is 156 Å². The van der Waals surface area contributed by atoms with E-state index in [2.05, 4.69) is 78.9 Å². The Bertz CT molecular complexity index is 4320. The van der Waals surface area contributed by atoms with Crippen molar-refractivity contribution < 1.29 is 9.53 Å². The molecule has 0 aliphatic heterocycles. The molecule has 0 bridgehead atoms. The van der Waals surface area contributed by atoms with Gasteiger partial charge in [0.25, 0.3) is 0 Å². The van der Waals surface area contributed by atoms with Crippen LogP contribution in [0.25, 0.3) is 110 Å². The van der Waals surface area contributed by atoms with Gasteiger partial charge < -0.3 is 4.74 Å². The Morgan fingerprint density at radius 2 is 1.26 bits per heavy atom. The molecule has 2 heteroatoms. The quantitative estimate of drug-likeness (QED) is 0.0987. The number of carbonyl (C=O) groups is 1. The number of hydrogen-bond donors (Lipinski definition) is 0. The standard InChI is InChI=1S/C60H30O2/c1-62-32(61)8-5-13-58(25-6-3-2-4-7-25)59-54-28-11-9-26-30-18-23-16-20-14-22-15-21-17-24-19-31-27-10-12-29(28)55(59)41(27)51-39(31)45-36(24)34(21)43-37(22)42-33(20)35(23)44-38(30)50(40(26)54)56-52-48(44)46(42)47(43)49(45)53(52)57(51)60(56,58)59/h2-4,6-7,9-12,14-15,18-19,22,37,50,56H,5,8,13,16-17H2,1H3. The number of benzene rings is 9. The zero-order valence-corrected chi connectivity index (χ0v) is 33.7. The molecule has 2 spiro atoms. The second kappa shape index (κ2) is 7.47. The van der Waals surface area contributed by atoms with Crippen molar-refractivity contribution in [2.24, 2.45) is 5.92 Å². The van der Waals surface area contributed by atoms with Crippen molar-refractivity contribution in [1.82, 2.24) is 0 Å². The van der Waals surface area contributed by atoms with E-state index in [-0.39, 0.29) is 22.2 Å². The Morgan fingerprint density at radius 1 is 0.581 bits per heavy atom. The molecular formula is C60H30O2. The average molecular weight is 783 g/mol. The largest absolute Gasteiger partial charge is 0.469 e. The van der Waals surface area contributed by atoms with Crippen molar-refractivity contribution in [2.45, 2.75) is 66.1 Å². The van der Waals surface area contributed by atoms with Gasteiger partial charge in [-0.15, -0.1) is 0 Å². The summed E-state index contributed by atoms with van der Waals surface area (Å²) in [5, 5.41) is 16.4. The first kappa shape index (κ1) is 28.2. The van der Waals surface area contributed by atoms with E-state index in [0.717, 1.165) is 25.7 Å². The van der Waals surface area contributed by atoms with Gasteiger partial charge in [-0.1, -0.05) is 66.7 Å². The van der Waals surface area contributed by atoms with E-state index in [1.165, 1.54) is 33.4 Å². The highest BCUT2D eigenvalue weighted by Gasteiger charge is 2.97. The van der Waals surface area contributed by atoms with Gasteiger partial charge >= 0.3 is 5.97 Å². The minimum absolute atomic E-state index is 0.0853. The molecule has 1 fully saturated rings. The van der Waals surface area contributed by atoms with Crippen molar-refractivity contribution in [3.05, 3.63) is 151 Å². The number of allylic oxidation sites excluding steroid dienone is 4. The molecular weight excluding hydrogens is 753 g/mol. The predicted octanol–water partition coefficient (Wildman–Crippen LogP) is 12.9. The summed E-state index contributed by atoms with van der Waals surface area (Å²) in [4.78, 5) is 13.2. The van der Waals surface area contributed by atoms with Crippen LogP contribution in [0, 0.1) is 5.92 Å². The highest BCUT2D eigenvalue weighted by Crippen LogP contribution is 2.99. The molecule has 7 unspecified atom stereocenters. The van der Waals surface area contributed by atoms with Gasteiger partial charge in [0.1, 0.15) is 0 Å². The third-order valence-corrected chi connectivity index (χ3v) is 21.1. The molecule has 9 aromatic rings. The third kappa shape index (κ3) is 1.94. The Kier molecular flexibility index (Phi) is 3.39. The molecule has 0 amide bonds. The SMILES string of the molecule is COC(=O)CCCC1(c2ccccc2)C23c4c5ccc6c4-c4c7c8c9c%10c%11c%12c(cc%13c%11c%11c%14c%10c%10c%15c%16c%17c(cc-6c4c%17c8%10)CC%16=CC(C=C%11C%13)C%14%15)-c4ccc-5c2c4C%12C9C713. The number of fused-ring (bicyclic) bond motifs is 3. The van der Waals surface area contributed by atoms with Gasteiger partial charge in [-0.2, -0.15) is 0 Å². The highest BCUT2D eigenvalue weighted by atomic mass is 16.5. The summed E-state index contributed by atoms with van der Waals surface area (Å²) in [6, 6.07) is 27.6. The van der Waals surface area contributed by atoms with E-state index in [9.17, 15) is 4.79 Å². The van der Waals surface area contributed by atoms with Crippen LogP contribution in [-0.2, 0) is 38.6 Å². The van der Waals surface area contributed by atoms with Crippen molar-refractivity contribution in [3.8, 4) is 44.5 Å². The Morgan fingerprint density at radius 3 is 2.06 bits per heavy atom. The molecule has 7 atom stereocenters. The lowest BCUT2D eigenvalue weighted by molar-refractivity contribution is -0.140. The van der Waals surface area contributed by atoms with Crippen molar-refractivity contribution in [3.63, 3.8) is 0 Å². The Labute approximate surface area is 353 Å². The summed E-state index contributed by atoms with van der Waals surface area (Å²) in [6.45, 7) is 0. The van der Waals surface area contributed by atoms with Gasteiger partial charge in [0, 0.05) is 46.3 Å². The van der Waals surface area contributed by atoms with Gasteiger partial charge in [-0.3, -0.25) is 4.79 Å². The van der Waals surface area contributed by atoms with Crippen LogP contribution in [0.5, 0.6) is 0 Å². The number of esters is 1. The molecule has 0 radical (unpaired) electrons. The van der Waals surface area contributed by atoms with Crippen LogP contribution in [0.4, 0.5) is 0 Å². The van der Waals surface area contributed by atoms with Crippen LogP contribution in [0.2, 0.25) is 0 Å². The normalized spacial score (nSPS) is 30.2. The number of carbonyl (C=O) groups excluding carboxylic acids is 1. The van der Waals surface area contributed by atoms with Crippen LogP contribution in [0.3, 0.4) is 0 Å². The fraction of sp³-hybridized carbons (Fsp3) is 0.217. The first-order chi connectivity index (χ1) is 30.7. The molecule has 0 heterocycles. The fourth-order valence-corrected chi connectivity index (χ4v) is 20.6. The number of rotatable bonds is 5. The first-order valence-corrected chi connectivity index (χ1v) is 23.5. The van der Waals surface area contributed by atoms with E-state index < -0.39 is 0 Å². The van der Waals surface area contributed by atoms with Crippen LogP contribution in [-0.4, -0.2) is 13.1 Å². The zero-order chi connectivity index (χ0) is 38.9. The maximum atomic E-state index is 13.2. The molecule has 1 saturated carbocycles. The lowest BCUT2D eigenvalue weighted by Crippen LogP contribution is -2.37. The lowest BCUT2D eigenvalue weighted by Gasteiger charge is -2.44. The van der Waals surface area contributed by atoms with Gasteiger partial charge in [-0.25, -0.2) is 0 Å². The summed E-state index contributed by atoms with van der Waals surface area (Å²) in [7, 11) is 1.57. The number of ether oxygens (including phenoxy) is 1. The summed E-state index contributed by atoms with van der Waals surface area (Å²) >= 11 is 0. The Hall–Kier alpha value is -6.51. The maximum absolute atomic E-state index is 13.2. The number of methoxy groups -OCH3 is 1. The average Bonchev–Trinajstić information content (AvgIpc) is 4.05. The number of hydrogen-bond acceptors (Lipinski definition) is 2. The van der Waals surface area contributed by atoms with E-state index in [1.807, 2.05) is 0 Å². The molecule has 0 saturated heterocycles. The van der Waals surface area contributed by atoms with E-state index in [0.29, 0.717) is 30.1 Å². The molecule has 0 N–H and O–H groups in total. The van der Waals surface area contributed by atoms with E-state index >= 15 is 0 Å². The van der Waals surface area contributed by atoms with E-state index in [4.69, 9.17) is 4.74 Å². The van der Waals surface area contributed by atoms with Gasteiger partial charge in [0.2, 0.25) is 0 Å². The predicted molar refractivity (Wildman–Crippen MR) is 244 cm³/mol. The molecule has 0 aromatic heterocycles. The molecule has 13 aliphatic carbocycles. The van der Waals surface area contributed by atoms with Crippen molar-refractivity contribution in [1.29, 1.82) is 0 Å². The van der Waals surface area contributed by atoms with Gasteiger partial charge in [-0.05, 0) is 220 Å². The van der Waals surface area contributed by atoms with Gasteiger partial charge in [0.05, 0.1) is 7.11 Å². The second-order valence-electron chi connectivity index (χ2n) is 21.9. The monoisotopic (exact) mass is 782 g/mol. The molecule has 13 aliphatic rings. The molecule has 2 nitrogen and oxygen atoms in total. The van der Waals surface area contributed by atoms with Crippen LogP contribution < -0.4 is 0 Å². The Balaban J connectivity index is 1.11. The summed E-state index contributed by atoms with van der Waals surface area (Å²) < 4.78 is 5.41. The fourth-order valence-electron chi connectivity index (χ4n) is 20.6. The first-order valence-electron chi connectivity index (χ1n) is 23.5. The zero-order valence-electron chi connectivity index (χ0n) is 33.7. The van der Waals surface area contributed by atoms with Crippen LogP contribution in [0.15, 0.2) is 78.9 Å². The molecule has 282 valence electrons. The minimum atomic E-state index is -0.237. The topological polar surface area (TPSA) is 26.3 Å². The summed E-state index contributed by atoms with van der Waals surface area (Å²) in [5.41, 5.74) is 36.2. The lowest BCUT2D eigenvalue weighted by atomic mass is 9.57. The minimum Gasteiger partial charge on any atom is -0.469 e. The molecule has 9 aromatic carbocycles. The van der Waals surface area contributed by atoms with Crippen molar-refractivity contribution in [2.75, 3.05) is 7.11 Å². The highest BCUT2D eigenvalue weighted by molar-refractivity contribution is 6.46. The maximum Gasteiger partial charge on any atom is 0.305 e. The van der Waals surface area contributed by atoms with Crippen LogP contribution >= 0.6 is 0 Å². The molecule has 22 rings (SSSR count). The third-order valence-electron chi connectivity index (χ3n) is 21.1. The molecule has 62 heavy (non-hydrogen) atoms.